The van der Waals surface area contributed by atoms with Crippen molar-refractivity contribution in [1.29, 1.82) is 0 Å². The predicted octanol–water partition coefficient (Wildman–Crippen LogP) is 4.24. The van der Waals surface area contributed by atoms with Gasteiger partial charge in [-0.25, -0.2) is 0 Å². The molecule has 114 valence electrons. The Labute approximate surface area is 141 Å². The molecule has 0 N–H and O–H groups in total. The molecule has 6 heteroatoms. The minimum absolute atomic E-state index is 0.00971. The van der Waals surface area contributed by atoms with Gasteiger partial charge in [0.15, 0.2) is 0 Å². The fourth-order valence-electron chi connectivity index (χ4n) is 2.35. The van der Waals surface area contributed by atoms with Gasteiger partial charge in [-0.05, 0) is 48.0 Å². The van der Waals surface area contributed by atoms with E-state index in [2.05, 4.69) is 21.1 Å². The second-order valence-electron chi connectivity index (χ2n) is 5.01. The molecule has 1 aliphatic heterocycles. The van der Waals surface area contributed by atoms with Gasteiger partial charge in [-0.2, -0.15) is 0 Å². The van der Waals surface area contributed by atoms with Gasteiger partial charge in [0.25, 0.3) is 5.91 Å². The number of aryl methyl sites for hydroxylation is 2. The standard InChI is InChI=1S/C16H15BrN2O2S/c1-10-13(11(2)21-18-10)9-15-19(7-8-22-15)16(20)12-5-3-4-6-14(12)17/h3-6,9H,7-8H2,1-2H3/b15-9+. The third-order valence-electron chi connectivity index (χ3n) is 3.54. The van der Waals surface area contributed by atoms with E-state index in [0.717, 1.165) is 32.3 Å². The van der Waals surface area contributed by atoms with E-state index in [0.29, 0.717) is 12.1 Å². The Hall–Kier alpha value is -1.53. The van der Waals surface area contributed by atoms with Crippen LogP contribution in [-0.4, -0.2) is 28.3 Å². The van der Waals surface area contributed by atoms with Gasteiger partial charge in [0.05, 0.1) is 16.3 Å². The average Bonchev–Trinajstić information content (AvgIpc) is 3.09. The Morgan fingerprint density at radius 3 is 2.86 bits per heavy atom. The molecule has 0 unspecified atom stereocenters. The van der Waals surface area contributed by atoms with Gasteiger partial charge >= 0.3 is 0 Å². The van der Waals surface area contributed by atoms with Gasteiger partial charge in [0.2, 0.25) is 0 Å². The fraction of sp³-hybridized carbons (Fsp3) is 0.250. The topological polar surface area (TPSA) is 46.3 Å². The van der Waals surface area contributed by atoms with Crippen molar-refractivity contribution in [2.24, 2.45) is 0 Å². The SMILES string of the molecule is Cc1noc(C)c1/C=C1/SCCN1C(=O)c1ccccc1Br. The second-order valence-corrected chi connectivity index (χ2v) is 6.98. The lowest BCUT2D eigenvalue weighted by Crippen LogP contribution is -2.27. The largest absolute Gasteiger partial charge is 0.361 e. The third kappa shape index (κ3) is 2.85. The minimum Gasteiger partial charge on any atom is -0.361 e. The van der Waals surface area contributed by atoms with Crippen molar-refractivity contribution in [3.8, 4) is 0 Å². The molecular weight excluding hydrogens is 364 g/mol. The van der Waals surface area contributed by atoms with Gasteiger partial charge in [-0.15, -0.1) is 11.8 Å². The van der Waals surface area contributed by atoms with Crippen LogP contribution in [-0.2, 0) is 0 Å². The van der Waals surface area contributed by atoms with E-state index < -0.39 is 0 Å². The Balaban J connectivity index is 1.94. The summed E-state index contributed by atoms with van der Waals surface area (Å²) in [7, 11) is 0. The summed E-state index contributed by atoms with van der Waals surface area (Å²) < 4.78 is 6.00. The van der Waals surface area contributed by atoms with Crippen molar-refractivity contribution in [2.45, 2.75) is 13.8 Å². The molecule has 1 aliphatic rings. The summed E-state index contributed by atoms with van der Waals surface area (Å²) in [6.07, 6.45) is 1.99. The lowest BCUT2D eigenvalue weighted by molar-refractivity contribution is 0.0830. The summed E-state index contributed by atoms with van der Waals surface area (Å²) in [5.41, 5.74) is 2.47. The highest BCUT2D eigenvalue weighted by Gasteiger charge is 2.27. The number of carbonyl (C=O) groups excluding carboxylic acids is 1. The molecule has 0 atom stereocenters. The van der Waals surface area contributed by atoms with Crippen molar-refractivity contribution >= 4 is 39.7 Å². The van der Waals surface area contributed by atoms with Crippen molar-refractivity contribution in [3.63, 3.8) is 0 Å². The first-order valence-corrected chi connectivity index (χ1v) is 8.69. The highest BCUT2D eigenvalue weighted by Crippen LogP contribution is 2.33. The lowest BCUT2D eigenvalue weighted by Gasteiger charge is -2.17. The molecule has 0 bridgehead atoms. The zero-order valence-electron chi connectivity index (χ0n) is 12.3. The first kappa shape index (κ1) is 15.4. The van der Waals surface area contributed by atoms with E-state index in [1.54, 1.807) is 11.8 Å². The molecule has 4 nitrogen and oxygen atoms in total. The summed E-state index contributed by atoms with van der Waals surface area (Å²) in [5.74, 6) is 1.67. The van der Waals surface area contributed by atoms with Crippen molar-refractivity contribution in [2.75, 3.05) is 12.3 Å². The van der Waals surface area contributed by atoms with Crippen LogP contribution in [0.1, 0.15) is 27.4 Å². The summed E-state index contributed by atoms with van der Waals surface area (Å²) in [6, 6.07) is 7.50. The molecule has 1 aromatic carbocycles. The van der Waals surface area contributed by atoms with Crippen LogP contribution >= 0.6 is 27.7 Å². The molecule has 0 spiro atoms. The number of rotatable bonds is 2. The van der Waals surface area contributed by atoms with Crippen LogP contribution in [0.25, 0.3) is 6.08 Å². The van der Waals surface area contributed by atoms with E-state index in [1.807, 2.05) is 49.1 Å². The Bertz CT molecular complexity index is 735. The molecule has 3 rings (SSSR count). The van der Waals surface area contributed by atoms with E-state index >= 15 is 0 Å². The monoisotopic (exact) mass is 378 g/mol. The van der Waals surface area contributed by atoms with E-state index in [4.69, 9.17) is 4.52 Å². The molecular formula is C16H15BrN2O2S. The number of hydrogen-bond acceptors (Lipinski definition) is 4. The van der Waals surface area contributed by atoms with Crippen LogP contribution in [0.15, 0.2) is 38.3 Å². The second kappa shape index (κ2) is 6.30. The number of benzene rings is 1. The van der Waals surface area contributed by atoms with Crippen molar-refractivity contribution in [3.05, 3.63) is 56.3 Å². The molecule has 0 radical (unpaired) electrons. The van der Waals surface area contributed by atoms with Gasteiger partial charge in [-0.1, -0.05) is 17.3 Å². The van der Waals surface area contributed by atoms with E-state index in [1.165, 1.54) is 0 Å². The summed E-state index contributed by atoms with van der Waals surface area (Å²) >= 11 is 5.13. The molecule has 2 aromatic rings. The van der Waals surface area contributed by atoms with E-state index in [9.17, 15) is 4.79 Å². The van der Waals surface area contributed by atoms with Gasteiger partial charge in [-0.3, -0.25) is 4.79 Å². The molecule has 2 heterocycles. The van der Waals surface area contributed by atoms with Crippen LogP contribution in [0.2, 0.25) is 0 Å². The maximum atomic E-state index is 12.8. The van der Waals surface area contributed by atoms with Gasteiger partial charge in [0, 0.05) is 22.3 Å². The van der Waals surface area contributed by atoms with Crippen LogP contribution in [0.4, 0.5) is 0 Å². The molecule has 1 aromatic heterocycles. The average molecular weight is 379 g/mol. The van der Waals surface area contributed by atoms with Gasteiger partial charge < -0.3 is 9.42 Å². The van der Waals surface area contributed by atoms with Crippen LogP contribution in [0, 0.1) is 13.8 Å². The Morgan fingerprint density at radius 1 is 1.41 bits per heavy atom. The van der Waals surface area contributed by atoms with E-state index in [-0.39, 0.29) is 5.91 Å². The lowest BCUT2D eigenvalue weighted by atomic mass is 10.2. The van der Waals surface area contributed by atoms with Gasteiger partial charge in [0.1, 0.15) is 5.76 Å². The Morgan fingerprint density at radius 2 is 2.18 bits per heavy atom. The van der Waals surface area contributed by atoms with Crippen molar-refractivity contribution < 1.29 is 9.32 Å². The summed E-state index contributed by atoms with van der Waals surface area (Å²) in [6.45, 7) is 4.49. The van der Waals surface area contributed by atoms with Crippen LogP contribution in [0.5, 0.6) is 0 Å². The third-order valence-corrected chi connectivity index (χ3v) is 5.25. The molecule has 1 amide bonds. The molecule has 0 saturated carbocycles. The maximum Gasteiger partial charge on any atom is 0.259 e. The van der Waals surface area contributed by atoms with Crippen molar-refractivity contribution in [1.82, 2.24) is 10.1 Å². The number of halogens is 1. The normalized spacial score (nSPS) is 16.5. The molecule has 1 saturated heterocycles. The number of aromatic nitrogens is 1. The molecule has 22 heavy (non-hydrogen) atoms. The smallest absolute Gasteiger partial charge is 0.259 e. The number of carbonyl (C=O) groups is 1. The van der Waals surface area contributed by atoms with Crippen LogP contribution < -0.4 is 0 Å². The fourth-order valence-corrected chi connectivity index (χ4v) is 3.82. The minimum atomic E-state index is 0.00971. The number of thioether (sulfide) groups is 1. The first-order chi connectivity index (χ1) is 10.6. The quantitative estimate of drug-likeness (QED) is 0.783. The molecule has 0 aliphatic carbocycles. The number of hydrogen-bond donors (Lipinski definition) is 0. The zero-order valence-corrected chi connectivity index (χ0v) is 14.7. The first-order valence-electron chi connectivity index (χ1n) is 6.91. The predicted molar refractivity (Wildman–Crippen MR) is 91.6 cm³/mol. The highest BCUT2D eigenvalue weighted by molar-refractivity contribution is 9.10. The van der Waals surface area contributed by atoms with Crippen LogP contribution in [0.3, 0.4) is 0 Å². The zero-order chi connectivity index (χ0) is 15.7. The number of nitrogens with zero attached hydrogens (tertiary/aromatic N) is 2. The maximum absolute atomic E-state index is 12.8. The number of amides is 1. The Kier molecular flexibility index (Phi) is 4.40. The highest BCUT2D eigenvalue weighted by atomic mass is 79.9. The molecule has 1 fully saturated rings. The summed E-state index contributed by atoms with van der Waals surface area (Å²) in [4.78, 5) is 14.6. The summed E-state index contributed by atoms with van der Waals surface area (Å²) in [5, 5.41) is 4.90.